The molecule has 0 radical (unpaired) electrons. The van der Waals surface area contributed by atoms with Gasteiger partial charge in [0, 0.05) is 0 Å². The molecule has 11 rings (SSSR count). The predicted molar refractivity (Wildman–Crippen MR) is 208 cm³/mol. The maximum Gasteiger partial charge on any atom is -0.0321 e. The lowest BCUT2D eigenvalue weighted by Gasteiger charge is -2.63. The van der Waals surface area contributed by atoms with E-state index in [1.54, 1.807) is 193 Å². The molecule has 280 valence electrons. The fourth-order valence-corrected chi connectivity index (χ4v) is 20.3. The third-order valence-corrected chi connectivity index (χ3v) is 21.7. The Hall–Kier alpha value is 0. The second kappa shape index (κ2) is 13.9. The van der Waals surface area contributed by atoms with Gasteiger partial charge in [-0.25, -0.2) is 0 Å². The minimum atomic E-state index is 1.12. The molecule has 0 aromatic rings. The van der Waals surface area contributed by atoms with Crippen LogP contribution >= 0.6 is 0 Å². The smallest absolute Gasteiger partial charge is 0.0321 e. The van der Waals surface area contributed by atoms with Gasteiger partial charge in [0.2, 0.25) is 0 Å². The molecule has 16 unspecified atom stereocenters. The van der Waals surface area contributed by atoms with E-state index in [2.05, 4.69) is 0 Å². The maximum absolute atomic E-state index is 1.66. The van der Waals surface area contributed by atoms with Gasteiger partial charge >= 0.3 is 0 Å². The summed E-state index contributed by atoms with van der Waals surface area (Å²) < 4.78 is 0. The summed E-state index contributed by atoms with van der Waals surface area (Å²) in [5, 5.41) is 0. The fraction of sp³-hybridized carbons (Fsp3) is 1.00. The van der Waals surface area contributed by atoms with E-state index in [-0.39, 0.29) is 0 Å². The Kier molecular flexibility index (Phi) is 9.30. The topological polar surface area (TPSA) is 0 Å². The van der Waals surface area contributed by atoms with Crippen LogP contribution in [0.15, 0.2) is 0 Å². The van der Waals surface area contributed by atoms with Crippen molar-refractivity contribution in [1.29, 1.82) is 0 Å². The van der Waals surface area contributed by atoms with E-state index >= 15 is 0 Å². The van der Waals surface area contributed by atoms with Gasteiger partial charge in [0.15, 0.2) is 0 Å². The Bertz CT molecular complexity index is 1060. The van der Waals surface area contributed by atoms with Gasteiger partial charge in [-0.2, -0.15) is 0 Å². The quantitative estimate of drug-likeness (QED) is 0.277. The molecular weight excluding hydrogens is 601 g/mol. The molecule has 0 heterocycles. The van der Waals surface area contributed by atoms with Crippen molar-refractivity contribution in [1.82, 2.24) is 0 Å². The highest BCUT2D eigenvalue weighted by Gasteiger charge is 2.59. The van der Waals surface area contributed by atoms with Crippen LogP contribution in [0.3, 0.4) is 0 Å². The maximum atomic E-state index is 1.66. The molecule has 0 nitrogen and oxygen atoms in total. The van der Waals surface area contributed by atoms with Gasteiger partial charge in [-0.1, -0.05) is 64.2 Å². The van der Waals surface area contributed by atoms with E-state index in [9.17, 15) is 0 Å². The normalized spacial score (nSPS) is 55.4. The van der Waals surface area contributed by atoms with Gasteiger partial charge < -0.3 is 0 Å². The first-order chi connectivity index (χ1) is 24.8. The fourth-order valence-electron chi connectivity index (χ4n) is 20.3. The van der Waals surface area contributed by atoms with Crippen molar-refractivity contribution in [2.45, 2.75) is 193 Å². The molecule has 11 fully saturated rings. The summed E-state index contributed by atoms with van der Waals surface area (Å²) in [4.78, 5) is 0. The zero-order valence-corrected chi connectivity index (χ0v) is 32.8. The first-order valence-electron chi connectivity index (χ1n) is 24.8. The van der Waals surface area contributed by atoms with Crippen LogP contribution in [0.5, 0.6) is 0 Å². The van der Waals surface area contributed by atoms with Crippen molar-refractivity contribution < 1.29 is 0 Å². The molecule has 16 atom stereocenters. The van der Waals surface area contributed by atoms with Gasteiger partial charge in [0.25, 0.3) is 0 Å². The molecule has 0 N–H and O–H groups in total. The van der Waals surface area contributed by atoms with Crippen LogP contribution in [-0.4, -0.2) is 0 Å². The Morgan fingerprint density at radius 2 is 0.340 bits per heavy atom. The number of hydrogen-bond donors (Lipinski definition) is 0. The van der Waals surface area contributed by atoms with Crippen LogP contribution in [0.4, 0.5) is 0 Å². The van der Waals surface area contributed by atoms with E-state index in [1.165, 1.54) is 23.7 Å². The monoisotopic (exact) mass is 681 g/mol. The number of rotatable bonds is 4. The van der Waals surface area contributed by atoms with Crippen LogP contribution in [0.2, 0.25) is 0 Å². The molecule has 0 aliphatic heterocycles. The predicted octanol–water partition coefficient (Wildman–Crippen LogP) is 14.2. The van der Waals surface area contributed by atoms with Crippen molar-refractivity contribution in [3.63, 3.8) is 0 Å². The van der Waals surface area contributed by atoms with E-state index in [0.717, 1.165) is 94.7 Å². The van der Waals surface area contributed by atoms with E-state index < -0.39 is 0 Å². The summed E-state index contributed by atoms with van der Waals surface area (Å²) in [5.41, 5.74) is 0. The van der Waals surface area contributed by atoms with Crippen LogP contribution in [0, 0.1) is 118 Å². The summed E-state index contributed by atoms with van der Waals surface area (Å²) >= 11 is 0. The second-order valence-corrected chi connectivity index (χ2v) is 22.8. The van der Waals surface area contributed by atoms with Crippen molar-refractivity contribution in [2.24, 2.45) is 118 Å². The average Bonchev–Trinajstić information content (AvgIpc) is 3.19. The number of hydrogen-bond acceptors (Lipinski definition) is 0. The molecule has 50 heavy (non-hydrogen) atoms. The van der Waals surface area contributed by atoms with Gasteiger partial charge in [0.05, 0.1) is 0 Å². The highest BCUT2D eigenvalue weighted by Crippen LogP contribution is 2.67. The van der Waals surface area contributed by atoms with Crippen molar-refractivity contribution in [3.8, 4) is 0 Å². The van der Waals surface area contributed by atoms with Crippen LogP contribution in [0.1, 0.15) is 193 Å². The van der Waals surface area contributed by atoms with Gasteiger partial charge in [0.1, 0.15) is 0 Å². The molecule has 11 aliphatic rings. The summed E-state index contributed by atoms with van der Waals surface area (Å²) in [6.07, 6.45) is 48.7. The molecule has 0 saturated heterocycles. The largest absolute Gasteiger partial charge is 0.0533 e. The lowest BCUT2D eigenvalue weighted by Crippen LogP contribution is -2.55. The second-order valence-electron chi connectivity index (χ2n) is 22.8. The summed E-state index contributed by atoms with van der Waals surface area (Å²) in [6.45, 7) is 0. The molecule has 0 spiro atoms. The van der Waals surface area contributed by atoms with Crippen molar-refractivity contribution >= 4 is 0 Å². The zero-order chi connectivity index (χ0) is 32.8. The Morgan fingerprint density at radius 3 is 0.600 bits per heavy atom. The zero-order valence-electron chi connectivity index (χ0n) is 32.8. The van der Waals surface area contributed by atoms with Crippen molar-refractivity contribution in [3.05, 3.63) is 0 Å². The molecule has 11 saturated carbocycles. The van der Waals surface area contributed by atoms with E-state index in [1.807, 2.05) is 0 Å². The first kappa shape index (κ1) is 33.3. The SMILES string of the molecule is C1CCC(C2CCC3CCC4C(C5CCC(C6CCC7CCC8C(C9CCCCC9)CCC9CCC6C7C98)CC5)CCC5CCC2C3C54)CC1. The molecule has 11 aliphatic carbocycles. The molecule has 0 aromatic carbocycles. The molecule has 0 heteroatoms. The van der Waals surface area contributed by atoms with Gasteiger partial charge in [-0.3, -0.25) is 0 Å². The van der Waals surface area contributed by atoms with Gasteiger partial charge in [-0.05, 0) is 247 Å². The minimum absolute atomic E-state index is 1.12. The van der Waals surface area contributed by atoms with Crippen molar-refractivity contribution in [2.75, 3.05) is 0 Å². The lowest BCUT2D eigenvalue weighted by molar-refractivity contribution is -0.140. The van der Waals surface area contributed by atoms with E-state index in [0.29, 0.717) is 0 Å². The molecule has 0 amide bonds. The van der Waals surface area contributed by atoms with Crippen LogP contribution in [-0.2, 0) is 0 Å². The molecule has 0 aromatic heterocycles. The lowest BCUT2D eigenvalue weighted by atomic mass is 9.42. The Morgan fingerprint density at radius 1 is 0.140 bits per heavy atom. The Labute approximate surface area is 310 Å². The summed E-state index contributed by atoms with van der Waals surface area (Å²) in [7, 11) is 0. The highest BCUT2D eigenvalue weighted by atomic mass is 14.6. The minimum Gasteiger partial charge on any atom is -0.0533 e. The van der Waals surface area contributed by atoms with Crippen LogP contribution in [0.25, 0.3) is 0 Å². The first-order valence-corrected chi connectivity index (χ1v) is 24.8. The third-order valence-electron chi connectivity index (χ3n) is 21.7. The van der Waals surface area contributed by atoms with Gasteiger partial charge in [-0.15, -0.1) is 0 Å². The molecule has 0 bridgehead atoms. The highest BCUT2D eigenvalue weighted by molar-refractivity contribution is 5.08. The summed E-state index contributed by atoms with van der Waals surface area (Å²) in [5.74, 6) is 22.9. The molecular formula is C50H80. The van der Waals surface area contributed by atoms with Crippen LogP contribution < -0.4 is 0 Å². The van der Waals surface area contributed by atoms with E-state index in [4.69, 9.17) is 0 Å². The third kappa shape index (κ3) is 5.57. The average molecular weight is 681 g/mol. The standard InChI is InChI=1S/C50H80/c1-3-7-31(8-4-1)39-23-15-35-21-29-45-41(25-17-37-19-27-43(39)47(35)49(37)45)33-11-13-34(14-12-33)42-26-18-38-20-28-44-40(32-9-5-2-6-10-32)24-16-36-22-30-46(42)50(38)48(36)44/h31-50H,1-30H2. The Balaban J connectivity index is 0.766. The summed E-state index contributed by atoms with van der Waals surface area (Å²) in [6, 6.07) is 0.